The van der Waals surface area contributed by atoms with Crippen LogP contribution in [0.25, 0.3) is 0 Å². The molecule has 3 N–H and O–H groups in total. The van der Waals surface area contributed by atoms with Gasteiger partial charge in [-0.3, -0.25) is 14.6 Å². The number of benzene rings is 1. The first-order valence-electron chi connectivity index (χ1n) is 7.85. The van der Waals surface area contributed by atoms with Gasteiger partial charge in [0.2, 0.25) is 5.91 Å². The molecule has 7 nitrogen and oxygen atoms in total. The van der Waals surface area contributed by atoms with Gasteiger partial charge in [0.05, 0.1) is 17.7 Å². The van der Waals surface area contributed by atoms with Gasteiger partial charge >= 0.3 is 6.09 Å². The predicted molar refractivity (Wildman–Crippen MR) is 83.5 cm³/mol. The van der Waals surface area contributed by atoms with Crippen LogP contribution < -0.4 is 10.6 Å². The number of carbonyl (C=O) groups excluding carboxylic acids is 2. The highest BCUT2D eigenvalue weighted by atomic mass is 19.1. The molecule has 4 unspecified atom stereocenters. The van der Waals surface area contributed by atoms with Crippen molar-refractivity contribution in [2.45, 2.75) is 31.7 Å². The molecule has 2 heterocycles. The maximum Gasteiger partial charge on any atom is 0.416 e. The third-order valence-corrected chi connectivity index (χ3v) is 4.59. The van der Waals surface area contributed by atoms with E-state index < -0.39 is 42.1 Å². The van der Waals surface area contributed by atoms with E-state index in [0.717, 1.165) is 0 Å². The normalized spacial score (nSPS) is 28.9. The predicted octanol–water partition coefficient (Wildman–Crippen LogP) is 0.665. The van der Waals surface area contributed by atoms with Crippen LogP contribution in [0.1, 0.15) is 13.3 Å². The fourth-order valence-corrected chi connectivity index (χ4v) is 3.27. The molecule has 1 aromatic carbocycles. The summed E-state index contributed by atoms with van der Waals surface area (Å²) in [5.74, 6) is -1.78. The van der Waals surface area contributed by atoms with Gasteiger partial charge in [-0.1, -0.05) is 6.07 Å². The number of aliphatic hydroxyl groups excluding tert-OH is 1. The highest BCUT2D eigenvalue weighted by Gasteiger charge is 2.50. The molecule has 0 saturated carbocycles. The number of halogens is 1. The van der Waals surface area contributed by atoms with Crippen molar-refractivity contribution in [2.75, 3.05) is 18.0 Å². The smallest absolute Gasteiger partial charge is 0.416 e. The van der Waals surface area contributed by atoms with Crippen LogP contribution >= 0.6 is 0 Å². The molecule has 0 bridgehead atoms. The van der Waals surface area contributed by atoms with Crippen molar-refractivity contribution in [3.8, 4) is 0 Å². The number of cyclic esters (lactones) is 1. The van der Waals surface area contributed by atoms with Gasteiger partial charge in [0.25, 0.3) is 0 Å². The number of nitrogens with two attached hydrogens (primary N) is 1. The van der Waals surface area contributed by atoms with Gasteiger partial charge in [0, 0.05) is 13.1 Å². The molecule has 2 amide bonds. The number of amides is 2. The van der Waals surface area contributed by atoms with Gasteiger partial charge in [-0.15, -0.1) is 0 Å². The van der Waals surface area contributed by atoms with Crippen LogP contribution in [-0.2, 0) is 9.53 Å². The van der Waals surface area contributed by atoms with E-state index in [9.17, 15) is 19.1 Å². The number of aliphatic hydroxyl groups is 1. The number of rotatable bonds is 4. The van der Waals surface area contributed by atoms with Crippen molar-refractivity contribution in [3.05, 3.63) is 30.1 Å². The average molecular weight is 337 g/mol. The van der Waals surface area contributed by atoms with Crippen molar-refractivity contribution in [3.63, 3.8) is 0 Å². The Kier molecular flexibility index (Phi) is 4.42. The lowest BCUT2D eigenvalue weighted by Gasteiger charge is -2.33. The summed E-state index contributed by atoms with van der Waals surface area (Å²) in [6.45, 7) is 2.47. The van der Waals surface area contributed by atoms with E-state index in [0.29, 0.717) is 25.2 Å². The van der Waals surface area contributed by atoms with Gasteiger partial charge in [-0.05, 0) is 31.5 Å². The zero-order valence-electron chi connectivity index (χ0n) is 13.3. The van der Waals surface area contributed by atoms with Gasteiger partial charge in [0.15, 0.2) is 0 Å². The van der Waals surface area contributed by atoms with E-state index in [1.807, 2.05) is 4.90 Å². The molecule has 8 heteroatoms. The van der Waals surface area contributed by atoms with E-state index >= 15 is 0 Å². The number of likely N-dealkylation sites (tertiary alicyclic amines) is 1. The molecule has 24 heavy (non-hydrogen) atoms. The van der Waals surface area contributed by atoms with Crippen molar-refractivity contribution < 1.29 is 23.8 Å². The summed E-state index contributed by atoms with van der Waals surface area (Å²) in [4.78, 5) is 27.2. The molecule has 2 saturated heterocycles. The average Bonchev–Trinajstić information content (AvgIpc) is 3.09. The van der Waals surface area contributed by atoms with Crippen molar-refractivity contribution in [2.24, 2.45) is 11.7 Å². The number of hydrogen-bond donors (Lipinski definition) is 2. The second kappa shape index (κ2) is 6.37. The zero-order chi connectivity index (χ0) is 17.4. The number of ether oxygens (including phenoxy) is 1. The van der Waals surface area contributed by atoms with Crippen LogP contribution in [0.3, 0.4) is 0 Å². The minimum absolute atomic E-state index is 0.338. The molecule has 0 spiro atoms. The minimum Gasteiger partial charge on any atom is -0.441 e. The van der Waals surface area contributed by atoms with E-state index in [1.165, 1.54) is 23.1 Å². The Morgan fingerprint density at radius 1 is 1.50 bits per heavy atom. The lowest BCUT2D eigenvalue weighted by molar-refractivity contribution is -0.125. The lowest BCUT2D eigenvalue weighted by atomic mass is 10.0. The molecule has 0 aromatic heterocycles. The number of hydrogen-bond acceptors (Lipinski definition) is 5. The standard InChI is InChI=1S/C16H20FN3O4/c1-9(14(18)22)13-15(19-6-5-12(21)8-19)20(16(23)24-13)11-4-2-3-10(17)7-11/h2-4,7,9,12-13,15,21H,5-6,8H2,1H3,(H2,18,22). The third-order valence-electron chi connectivity index (χ3n) is 4.59. The molecule has 0 radical (unpaired) electrons. The summed E-state index contributed by atoms with van der Waals surface area (Å²) < 4.78 is 19.0. The number of β-amino-alcohol motifs (C(OH)–C–C–N with tert-alkyl or cyclic N) is 1. The largest absolute Gasteiger partial charge is 0.441 e. The lowest BCUT2D eigenvalue weighted by Crippen LogP contribution is -2.53. The molecular weight excluding hydrogens is 317 g/mol. The fraction of sp³-hybridized carbons (Fsp3) is 0.500. The van der Waals surface area contributed by atoms with Crippen molar-refractivity contribution in [1.82, 2.24) is 4.90 Å². The highest BCUT2D eigenvalue weighted by molar-refractivity contribution is 5.91. The maximum absolute atomic E-state index is 13.6. The van der Waals surface area contributed by atoms with E-state index in [1.54, 1.807) is 13.0 Å². The first kappa shape index (κ1) is 16.7. The van der Waals surface area contributed by atoms with Gasteiger partial charge < -0.3 is 15.6 Å². The Morgan fingerprint density at radius 2 is 2.25 bits per heavy atom. The number of primary amides is 1. The molecule has 4 atom stereocenters. The molecule has 3 rings (SSSR count). The first-order valence-corrected chi connectivity index (χ1v) is 7.85. The van der Waals surface area contributed by atoms with Crippen LogP contribution in [0.2, 0.25) is 0 Å². The molecule has 0 aliphatic carbocycles. The highest BCUT2D eigenvalue weighted by Crippen LogP contribution is 2.34. The van der Waals surface area contributed by atoms with Crippen LogP contribution in [0.4, 0.5) is 14.9 Å². The molecule has 1 aromatic rings. The summed E-state index contributed by atoms with van der Waals surface area (Å²) in [6.07, 6.45) is -2.04. The Labute approximate surface area is 138 Å². The molecule has 2 aliphatic heterocycles. The van der Waals surface area contributed by atoms with Crippen LogP contribution in [0, 0.1) is 11.7 Å². The Bertz CT molecular complexity index is 656. The number of anilines is 1. The van der Waals surface area contributed by atoms with Crippen LogP contribution in [0.5, 0.6) is 0 Å². The molecular formula is C16H20FN3O4. The second-order valence-corrected chi connectivity index (χ2v) is 6.24. The minimum atomic E-state index is -0.788. The summed E-state index contributed by atoms with van der Waals surface area (Å²) in [6, 6.07) is 5.61. The monoisotopic (exact) mass is 337 g/mol. The SMILES string of the molecule is CC(C(N)=O)C1OC(=O)N(c2cccc(F)c2)C1N1CCC(O)C1. The molecule has 2 fully saturated rings. The Balaban J connectivity index is 1.98. The summed E-state index contributed by atoms with van der Waals surface area (Å²) in [5, 5.41) is 9.82. The van der Waals surface area contributed by atoms with E-state index in [2.05, 4.69) is 0 Å². The van der Waals surface area contributed by atoms with Crippen molar-refractivity contribution in [1.29, 1.82) is 0 Å². The summed E-state index contributed by atoms with van der Waals surface area (Å²) >= 11 is 0. The maximum atomic E-state index is 13.6. The van der Waals surface area contributed by atoms with Gasteiger partial charge in [-0.25, -0.2) is 9.18 Å². The Hall–Kier alpha value is -2.19. The first-order chi connectivity index (χ1) is 11.4. The number of carbonyl (C=O) groups is 2. The third kappa shape index (κ3) is 2.94. The molecule has 130 valence electrons. The zero-order valence-corrected chi connectivity index (χ0v) is 13.3. The number of nitrogens with zero attached hydrogens (tertiary/aromatic N) is 2. The van der Waals surface area contributed by atoms with E-state index in [-0.39, 0.29) is 0 Å². The van der Waals surface area contributed by atoms with Gasteiger partial charge in [0.1, 0.15) is 18.1 Å². The summed E-state index contributed by atoms with van der Waals surface area (Å²) in [7, 11) is 0. The molecule has 2 aliphatic rings. The Morgan fingerprint density at radius 3 is 2.83 bits per heavy atom. The fourth-order valence-electron chi connectivity index (χ4n) is 3.27. The van der Waals surface area contributed by atoms with Crippen molar-refractivity contribution >= 4 is 17.7 Å². The second-order valence-electron chi connectivity index (χ2n) is 6.24. The van der Waals surface area contributed by atoms with Gasteiger partial charge in [-0.2, -0.15) is 0 Å². The van der Waals surface area contributed by atoms with Crippen LogP contribution in [-0.4, -0.2) is 53.5 Å². The van der Waals surface area contributed by atoms with Crippen LogP contribution in [0.15, 0.2) is 24.3 Å². The van der Waals surface area contributed by atoms with E-state index in [4.69, 9.17) is 10.5 Å². The topological polar surface area (TPSA) is 96.1 Å². The quantitative estimate of drug-likeness (QED) is 0.842. The summed E-state index contributed by atoms with van der Waals surface area (Å²) in [5.41, 5.74) is 5.72.